The maximum absolute atomic E-state index is 12.2. The Balaban J connectivity index is 1.47. The van der Waals surface area contributed by atoms with Crippen LogP contribution in [0.3, 0.4) is 0 Å². The number of nitrogens with zero attached hydrogens (tertiary/aromatic N) is 5. The highest BCUT2D eigenvalue weighted by Gasteiger charge is 2.22. The molecule has 1 aliphatic heterocycles. The SMILES string of the molecule is CCCCN1CCCC[C@H]1CNC(=O)Nc1ccc(-n2cncn2)nc1. The van der Waals surface area contributed by atoms with Gasteiger partial charge in [0.15, 0.2) is 5.82 Å². The number of likely N-dealkylation sites (tertiary alicyclic amines) is 1. The van der Waals surface area contributed by atoms with Crippen LogP contribution in [-0.2, 0) is 0 Å². The lowest BCUT2D eigenvalue weighted by atomic mass is 10.0. The first kappa shape index (κ1) is 18.3. The molecule has 2 amide bonds. The van der Waals surface area contributed by atoms with Crippen LogP contribution in [0.5, 0.6) is 0 Å². The number of unbranched alkanes of at least 4 members (excludes halogenated alkanes) is 1. The summed E-state index contributed by atoms with van der Waals surface area (Å²) in [4.78, 5) is 22.9. The summed E-state index contributed by atoms with van der Waals surface area (Å²) in [6.45, 7) is 5.16. The standard InChI is InChI=1S/C18H27N7O/c1-2-3-9-24-10-5-4-6-16(24)12-21-18(26)23-15-7-8-17(20-11-15)25-14-19-13-22-25/h7-8,11,13-14,16H,2-6,9-10,12H2,1H3,(H2,21,23,26)/t16-/m0/s1. The third kappa shape index (κ3) is 5.01. The predicted molar refractivity (Wildman–Crippen MR) is 100 cm³/mol. The van der Waals surface area contributed by atoms with Gasteiger partial charge in [0.05, 0.1) is 11.9 Å². The molecule has 1 saturated heterocycles. The molecule has 0 aliphatic carbocycles. The van der Waals surface area contributed by atoms with Crippen LogP contribution in [0, 0.1) is 0 Å². The van der Waals surface area contributed by atoms with E-state index in [4.69, 9.17) is 0 Å². The van der Waals surface area contributed by atoms with Gasteiger partial charge in [-0.2, -0.15) is 5.10 Å². The van der Waals surface area contributed by atoms with Crippen LogP contribution in [0.15, 0.2) is 31.0 Å². The number of hydrogen-bond acceptors (Lipinski definition) is 5. The molecule has 0 saturated carbocycles. The third-order valence-corrected chi connectivity index (χ3v) is 4.71. The van der Waals surface area contributed by atoms with Gasteiger partial charge in [-0.15, -0.1) is 0 Å². The van der Waals surface area contributed by atoms with Crippen molar-refractivity contribution in [2.75, 3.05) is 25.0 Å². The highest BCUT2D eigenvalue weighted by Crippen LogP contribution is 2.17. The molecule has 0 spiro atoms. The highest BCUT2D eigenvalue weighted by molar-refractivity contribution is 5.89. The largest absolute Gasteiger partial charge is 0.336 e. The summed E-state index contributed by atoms with van der Waals surface area (Å²) in [6, 6.07) is 3.84. The fourth-order valence-electron chi connectivity index (χ4n) is 3.25. The second kappa shape index (κ2) is 9.28. The predicted octanol–water partition coefficient (Wildman–Crippen LogP) is 2.44. The number of urea groups is 1. The summed E-state index contributed by atoms with van der Waals surface area (Å²) in [6.07, 6.45) is 10.7. The van der Waals surface area contributed by atoms with E-state index < -0.39 is 0 Å². The summed E-state index contributed by atoms with van der Waals surface area (Å²) >= 11 is 0. The number of piperidine rings is 1. The minimum atomic E-state index is -0.193. The summed E-state index contributed by atoms with van der Waals surface area (Å²) in [7, 11) is 0. The van der Waals surface area contributed by atoms with Crippen molar-refractivity contribution < 1.29 is 4.79 Å². The van der Waals surface area contributed by atoms with E-state index in [0.29, 0.717) is 24.1 Å². The average Bonchev–Trinajstić information content (AvgIpc) is 3.21. The number of hydrogen-bond donors (Lipinski definition) is 2. The molecule has 1 aliphatic rings. The first-order valence-corrected chi connectivity index (χ1v) is 9.36. The Kier molecular flexibility index (Phi) is 6.54. The molecular weight excluding hydrogens is 330 g/mol. The average molecular weight is 357 g/mol. The first-order valence-electron chi connectivity index (χ1n) is 9.36. The number of anilines is 1. The van der Waals surface area contributed by atoms with Gasteiger partial charge in [-0.25, -0.2) is 19.4 Å². The lowest BCUT2D eigenvalue weighted by Gasteiger charge is -2.35. The molecule has 2 aromatic heterocycles. The van der Waals surface area contributed by atoms with Crippen molar-refractivity contribution in [2.45, 2.75) is 45.1 Å². The number of amides is 2. The normalized spacial score (nSPS) is 17.8. The van der Waals surface area contributed by atoms with Crippen LogP contribution in [-0.4, -0.2) is 56.4 Å². The highest BCUT2D eigenvalue weighted by atomic mass is 16.2. The third-order valence-electron chi connectivity index (χ3n) is 4.71. The topological polar surface area (TPSA) is 88.0 Å². The van der Waals surface area contributed by atoms with Gasteiger partial charge >= 0.3 is 6.03 Å². The van der Waals surface area contributed by atoms with Gasteiger partial charge in [0.2, 0.25) is 0 Å². The zero-order valence-electron chi connectivity index (χ0n) is 15.3. The van der Waals surface area contributed by atoms with Crippen LogP contribution >= 0.6 is 0 Å². The van der Waals surface area contributed by atoms with E-state index in [-0.39, 0.29) is 6.03 Å². The molecule has 2 aromatic rings. The summed E-state index contributed by atoms with van der Waals surface area (Å²) in [5.41, 5.74) is 0.651. The number of aromatic nitrogens is 4. The fourth-order valence-corrected chi connectivity index (χ4v) is 3.25. The van der Waals surface area contributed by atoms with Crippen molar-refractivity contribution in [1.29, 1.82) is 0 Å². The first-order chi connectivity index (χ1) is 12.8. The van der Waals surface area contributed by atoms with Gasteiger partial charge in [0, 0.05) is 12.6 Å². The number of nitrogens with one attached hydrogen (secondary N) is 2. The van der Waals surface area contributed by atoms with Crippen molar-refractivity contribution in [3.05, 3.63) is 31.0 Å². The van der Waals surface area contributed by atoms with Gasteiger partial charge in [-0.05, 0) is 44.5 Å². The maximum atomic E-state index is 12.2. The molecule has 3 rings (SSSR count). The second-order valence-corrected chi connectivity index (χ2v) is 6.62. The van der Waals surface area contributed by atoms with Gasteiger partial charge in [-0.1, -0.05) is 19.8 Å². The lowest BCUT2D eigenvalue weighted by Crippen LogP contribution is -2.47. The van der Waals surface area contributed by atoms with E-state index >= 15 is 0 Å². The van der Waals surface area contributed by atoms with Crippen molar-refractivity contribution in [3.8, 4) is 5.82 Å². The molecule has 1 fully saturated rings. The summed E-state index contributed by atoms with van der Waals surface area (Å²) in [5, 5.41) is 9.86. The summed E-state index contributed by atoms with van der Waals surface area (Å²) in [5.74, 6) is 0.655. The minimum Gasteiger partial charge on any atom is -0.336 e. The zero-order chi connectivity index (χ0) is 18.2. The van der Waals surface area contributed by atoms with Gasteiger partial charge in [0.25, 0.3) is 0 Å². The zero-order valence-corrected chi connectivity index (χ0v) is 15.3. The Morgan fingerprint density at radius 3 is 3.00 bits per heavy atom. The monoisotopic (exact) mass is 357 g/mol. The van der Waals surface area contributed by atoms with Crippen LogP contribution in [0.1, 0.15) is 39.0 Å². The Hall–Kier alpha value is -2.48. The molecular formula is C18H27N7O. The Bertz CT molecular complexity index is 671. The summed E-state index contributed by atoms with van der Waals surface area (Å²) < 4.78 is 1.57. The molecule has 0 unspecified atom stereocenters. The van der Waals surface area contributed by atoms with E-state index in [1.807, 2.05) is 0 Å². The van der Waals surface area contributed by atoms with E-state index in [2.05, 4.69) is 37.5 Å². The molecule has 1 atom stereocenters. The maximum Gasteiger partial charge on any atom is 0.319 e. The van der Waals surface area contributed by atoms with Crippen molar-refractivity contribution in [3.63, 3.8) is 0 Å². The fraction of sp³-hybridized carbons (Fsp3) is 0.556. The second-order valence-electron chi connectivity index (χ2n) is 6.62. The smallest absolute Gasteiger partial charge is 0.319 e. The lowest BCUT2D eigenvalue weighted by molar-refractivity contribution is 0.145. The van der Waals surface area contributed by atoms with Crippen LogP contribution in [0.25, 0.3) is 5.82 Å². The molecule has 140 valence electrons. The van der Waals surface area contributed by atoms with Crippen molar-refractivity contribution in [1.82, 2.24) is 30.0 Å². The molecule has 2 N–H and O–H groups in total. The Labute approximate surface area is 154 Å². The Morgan fingerprint density at radius 2 is 2.27 bits per heavy atom. The van der Waals surface area contributed by atoms with Crippen LogP contribution in [0.4, 0.5) is 10.5 Å². The quantitative estimate of drug-likeness (QED) is 0.795. The van der Waals surface area contributed by atoms with Crippen LogP contribution in [0.2, 0.25) is 0 Å². The number of rotatable bonds is 7. The van der Waals surface area contributed by atoms with E-state index in [0.717, 1.165) is 19.5 Å². The van der Waals surface area contributed by atoms with Crippen LogP contribution < -0.4 is 10.6 Å². The Morgan fingerprint density at radius 1 is 1.35 bits per heavy atom. The van der Waals surface area contributed by atoms with E-state index in [1.165, 1.54) is 32.0 Å². The molecule has 3 heterocycles. The molecule has 26 heavy (non-hydrogen) atoms. The number of carbonyl (C=O) groups excluding carboxylic acids is 1. The van der Waals surface area contributed by atoms with Gasteiger partial charge in [0.1, 0.15) is 12.7 Å². The molecule has 8 heteroatoms. The number of pyridine rings is 1. The van der Waals surface area contributed by atoms with E-state index in [1.54, 1.807) is 29.3 Å². The van der Waals surface area contributed by atoms with Crippen molar-refractivity contribution in [2.24, 2.45) is 0 Å². The molecule has 0 radical (unpaired) electrons. The molecule has 8 nitrogen and oxygen atoms in total. The van der Waals surface area contributed by atoms with Gasteiger partial charge < -0.3 is 10.6 Å². The van der Waals surface area contributed by atoms with Gasteiger partial charge in [-0.3, -0.25) is 4.90 Å². The number of carbonyl (C=O) groups is 1. The minimum absolute atomic E-state index is 0.193. The molecule has 0 bridgehead atoms. The van der Waals surface area contributed by atoms with E-state index in [9.17, 15) is 4.79 Å². The van der Waals surface area contributed by atoms with Crippen molar-refractivity contribution >= 4 is 11.7 Å². The molecule has 0 aromatic carbocycles.